The number of amides is 1. The third-order valence-electron chi connectivity index (χ3n) is 3.62. The number of carbonyl (C=O) groups is 2. The summed E-state index contributed by atoms with van der Waals surface area (Å²) in [7, 11) is 0. The molecule has 0 heterocycles. The molecule has 0 aliphatic rings. The Bertz CT molecular complexity index is 814. The van der Waals surface area contributed by atoms with Crippen LogP contribution in [-0.2, 0) is 14.3 Å². The normalized spacial score (nSPS) is 12.8. The van der Waals surface area contributed by atoms with Crippen molar-refractivity contribution in [3.63, 3.8) is 0 Å². The summed E-state index contributed by atoms with van der Waals surface area (Å²) in [5.41, 5.74) is 0.727. The standard InChI is InChI=1S/C19H18Cl2FNO4/c1-11(13-3-6-15(22)7-4-13)23-18(24)10-26-19(25)12(2)27-17-8-5-14(20)9-16(17)21/h3-9,11-12H,10H2,1-2H3,(H,23,24). The number of hydrogen-bond donors (Lipinski definition) is 1. The third-order valence-corrected chi connectivity index (χ3v) is 4.15. The van der Waals surface area contributed by atoms with Crippen LogP contribution in [0.15, 0.2) is 42.5 Å². The zero-order valence-electron chi connectivity index (χ0n) is 14.7. The Hall–Kier alpha value is -2.31. The molecule has 0 fully saturated rings. The first kappa shape index (κ1) is 21.0. The zero-order valence-corrected chi connectivity index (χ0v) is 16.2. The molecular weight excluding hydrogens is 396 g/mol. The van der Waals surface area contributed by atoms with Crippen LogP contribution in [0.1, 0.15) is 25.5 Å². The Morgan fingerprint density at radius 2 is 1.78 bits per heavy atom. The van der Waals surface area contributed by atoms with E-state index >= 15 is 0 Å². The van der Waals surface area contributed by atoms with E-state index in [-0.39, 0.29) is 22.6 Å². The van der Waals surface area contributed by atoms with Crippen LogP contribution in [0.25, 0.3) is 0 Å². The monoisotopic (exact) mass is 413 g/mol. The summed E-state index contributed by atoms with van der Waals surface area (Å²) in [6.07, 6.45) is -0.967. The van der Waals surface area contributed by atoms with Gasteiger partial charge in [0.1, 0.15) is 11.6 Å². The lowest BCUT2D eigenvalue weighted by Gasteiger charge is -2.16. The molecule has 0 bridgehead atoms. The minimum Gasteiger partial charge on any atom is -0.477 e. The molecule has 0 aliphatic heterocycles. The molecule has 144 valence electrons. The lowest BCUT2D eigenvalue weighted by Crippen LogP contribution is -2.34. The molecule has 0 aromatic heterocycles. The summed E-state index contributed by atoms with van der Waals surface area (Å²) in [6.45, 7) is 2.75. The molecule has 0 saturated carbocycles. The van der Waals surface area contributed by atoms with Crippen LogP contribution in [0, 0.1) is 5.82 Å². The molecule has 2 unspecified atom stereocenters. The second kappa shape index (κ2) is 9.58. The fourth-order valence-corrected chi connectivity index (χ4v) is 2.63. The molecule has 2 atom stereocenters. The van der Waals surface area contributed by atoms with Gasteiger partial charge in [-0.15, -0.1) is 0 Å². The van der Waals surface area contributed by atoms with E-state index in [1.807, 2.05) is 0 Å². The maximum atomic E-state index is 12.9. The SMILES string of the molecule is CC(Oc1ccc(Cl)cc1Cl)C(=O)OCC(=O)NC(C)c1ccc(F)cc1. The summed E-state index contributed by atoms with van der Waals surface area (Å²) >= 11 is 11.8. The van der Waals surface area contributed by atoms with Gasteiger partial charge in [-0.05, 0) is 49.7 Å². The Morgan fingerprint density at radius 1 is 1.11 bits per heavy atom. The van der Waals surface area contributed by atoms with Crippen molar-refractivity contribution in [2.24, 2.45) is 0 Å². The Morgan fingerprint density at radius 3 is 2.41 bits per heavy atom. The van der Waals surface area contributed by atoms with Crippen molar-refractivity contribution in [2.45, 2.75) is 26.0 Å². The summed E-state index contributed by atoms with van der Waals surface area (Å²) < 4.78 is 23.3. The fourth-order valence-electron chi connectivity index (χ4n) is 2.18. The van der Waals surface area contributed by atoms with Gasteiger partial charge in [0.15, 0.2) is 12.7 Å². The molecule has 0 saturated heterocycles. The van der Waals surface area contributed by atoms with Crippen LogP contribution in [0.3, 0.4) is 0 Å². The van der Waals surface area contributed by atoms with Crippen molar-refractivity contribution in [2.75, 3.05) is 6.61 Å². The number of halogens is 3. The van der Waals surface area contributed by atoms with Gasteiger partial charge >= 0.3 is 5.97 Å². The van der Waals surface area contributed by atoms with E-state index in [4.69, 9.17) is 32.7 Å². The van der Waals surface area contributed by atoms with Gasteiger partial charge in [-0.25, -0.2) is 9.18 Å². The molecule has 2 aromatic carbocycles. The van der Waals surface area contributed by atoms with Gasteiger partial charge in [0.25, 0.3) is 5.91 Å². The van der Waals surface area contributed by atoms with E-state index < -0.39 is 24.6 Å². The lowest BCUT2D eigenvalue weighted by molar-refractivity contribution is -0.154. The third kappa shape index (κ3) is 6.41. The number of rotatable bonds is 7. The fraction of sp³-hybridized carbons (Fsp3) is 0.263. The van der Waals surface area contributed by atoms with E-state index in [0.29, 0.717) is 5.02 Å². The van der Waals surface area contributed by atoms with Crippen LogP contribution in [0.5, 0.6) is 5.75 Å². The molecule has 1 amide bonds. The molecule has 5 nitrogen and oxygen atoms in total. The van der Waals surface area contributed by atoms with Gasteiger partial charge < -0.3 is 14.8 Å². The average Bonchev–Trinajstić information content (AvgIpc) is 2.62. The van der Waals surface area contributed by atoms with Gasteiger partial charge in [0, 0.05) is 5.02 Å². The predicted octanol–water partition coefficient (Wildman–Crippen LogP) is 4.32. The Balaban J connectivity index is 1.81. The smallest absolute Gasteiger partial charge is 0.347 e. The molecule has 0 radical (unpaired) electrons. The Labute approximate surface area is 166 Å². The molecule has 0 spiro atoms. The highest BCUT2D eigenvalue weighted by Gasteiger charge is 2.19. The number of nitrogens with one attached hydrogen (secondary N) is 1. The molecule has 2 aromatic rings. The van der Waals surface area contributed by atoms with E-state index in [2.05, 4.69) is 5.32 Å². The van der Waals surface area contributed by atoms with Gasteiger partial charge in [-0.2, -0.15) is 0 Å². The maximum absolute atomic E-state index is 12.9. The highest BCUT2D eigenvalue weighted by Crippen LogP contribution is 2.28. The minimum absolute atomic E-state index is 0.257. The van der Waals surface area contributed by atoms with Crippen molar-refractivity contribution < 1.29 is 23.5 Å². The van der Waals surface area contributed by atoms with Crippen molar-refractivity contribution >= 4 is 35.1 Å². The van der Waals surface area contributed by atoms with E-state index in [9.17, 15) is 14.0 Å². The second-order valence-corrected chi connectivity index (χ2v) is 6.63. The quantitative estimate of drug-likeness (QED) is 0.686. The summed E-state index contributed by atoms with van der Waals surface area (Å²) in [5.74, 6) is -1.29. The van der Waals surface area contributed by atoms with Gasteiger partial charge in [-0.1, -0.05) is 35.3 Å². The van der Waals surface area contributed by atoms with Crippen LogP contribution in [-0.4, -0.2) is 24.6 Å². The van der Waals surface area contributed by atoms with E-state index in [0.717, 1.165) is 5.56 Å². The maximum Gasteiger partial charge on any atom is 0.347 e. The molecule has 2 rings (SSSR count). The predicted molar refractivity (Wildman–Crippen MR) is 100 cm³/mol. The van der Waals surface area contributed by atoms with Crippen LogP contribution >= 0.6 is 23.2 Å². The molecule has 27 heavy (non-hydrogen) atoms. The largest absolute Gasteiger partial charge is 0.477 e. The average molecular weight is 414 g/mol. The van der Waals surface area contributed by atoms with Gasteiger partial charge in [-0.3, -0.25) is 4.79 Å². The number of esters is 1. The Kier molecular flexibility index (Phi) is 7.45. The summed E-state index contributed by atoms with van der Waals surface area (Å²) in [5, 5.41) is 3.36. The van der Waals surface area contributed by atoms with Crippen molar-refractivity contribution in [3.8, 4) is 5.75 Å². The first-order chi connectivity index (χ1) is 12.8. The highest BCUT2D eigenvalue weighted by molar-refractivity contribution is 6.35. The van der Waals surface area contributed by atoms with Crippen molar-refractivity contribution in [3.05, 3.63) is 63.9 Å². The summed E-state index contributed by atoms with van der Waals surface area (Å²) in [4.78, 5) is 23.9. The zero-order chi connectivity index (χ0) is 20.0. The van der Waals surface area contributed by atoms with Crippen LogP contribution < -0.4 is 10.1 Å². The van der Waals surface area contributed by atoms with Crippen molar-refractivity contribution in [1.82, 2.24) is 5.32 Å². The first-order valence-corrected chi connectivity index (χ1v) is 8.85. The van der Waals surface area contributed by atoms with Crippen LogP contribution in [0.4, 0.5) is 4.39 Å². The second-order valence-electron chi connectivity index (χ2n) is 5.78. The molecular formula is C19H18Cl2FNO4. The molecule has 8 heteroatoms. The number of benzene rings is 2. The van der Waals surface area contributed by atoms with Gasteiger partial charge in [0.05, 0.1) is 11.1 Å². The van der Waals surface area contributed by atoms with E-state index in [1.54, 1.807) is 25.1 Å². The minimum atomic E-state index is -0.967. The van der Waals surface area contributed by atoms with Crippen LogP contribution in [0.2, 0.25) is 10.0 Å². The molecule has 1 N–H and O–H groups in total. The summed E-state index contributed by atoms with van der Waals surface area (Å²) in [6, 6.07) is 9.98. The van der Waals surface area contributed by atoms with Crippen molar-refractivity contribution in [1.29, 1.82) is 0 Å². The number of ether oxygens (including phenoxy) is 2. The van der Waals surface area contributed by atoms with Gasteiger partial charge in [0.2, 0.25) is 0 Å². The topological polar surface area (TPSA) is 64.6 Å². The lowest BCUT2D eigenvalue weighted by atomic mass is 10.1. The number of hydrogen-bond acceptors (Lipinski definition) is 4. The molecule has 0 aliphatic carbocycles. The highest BCUT2D eigenvalue weighted by atomic mass is 35.5. The number of carbonyl (C=O) groups excluding carboxylic acids is 2. The first-order valence-electron chi connectivity index (χ1n) is 8.09. The van der Waals surface area contributed by atoms with E-state index in [1.165, 1.54) is 31.2 Å².